The van der Waals surface area contributed by atoms with Gasteiger partial charge in [-0.1, -0.05) is 12.1 Å². The first-order valence-electron chi connectivity index (χ1n) is 21.5. The van der Waals surface area contributed by atoms with Gasteiger partial charge in [-0.15, -0.1) is 0 Å². The van der Waals surface area contributed by atoms with Crippen molar-refractivity contribution >= 4 is 11.8 Å². The van der Waals surface area contributed by atoms with Crippen LogP contribution >= 0.6 is 0 Å². The summed E-state index contributed by atoms with van der Waals surface area (Å²) in [4.78, 5) is 31.8. The summed E-state index contributed by atoms with van der Waals surface area (Å²) in [6.07, 6.45) is 2.68. The summed E-state index contributed by atoms with van der Waals surface area (Å²) >= 11 is 0. The van der Waals surface area contributed by atoms with Crippen molar-refractivity contribution in [3.8, 4) is 63.2 Å². The van der Waals surface area contributed by atoms with Gasteiger partial charge in [-0.05, 0) is 115 Å². The molecule has 21 heteroatoms. The van der Waals surface area contributed by atoms with Crippen LogP contribution in [0.1, 0.15) is 87.0 Å². The minimum atomic E-state index is -2.99. The number of Topliss-reactive ketones (excluding diaryl/α,β-unsaturated/α-hetero) is 1. The Kier molecular flexibility index (Phi) is 21.2. The van der Waals surface area contributed by atoms with Crippen LogP contribution in [0.5, 0.6) is 40.2 Å². The first kappa shape index (κ1) is 55.2. The second-order valence-electron chi connectivity index (χ2n) is 15.2. The molecule has 0 saturated heterocycles. The van der Waals surface area contributed by atoms with E-state index in [1.807, 2.05) is 13.0 Å². The quantitative estimate of drug-likeness (QED) is 0.0482. The smallest absolute Gasteiger partial charge is 0.387 e. The van der Waals surface area contributed by atoms with Gasteiger partial charge in [0.25, 0.3) is 0 Å². The maximum Gasteiger partial charge on any atom is 0.387 e. The van der Waals surface area contributed by atoms with Crippen LogP contribution in [0, 0.1) is 0 Å². The van der Waals surface area contributed by atoms with Crippen molar-refractivity contribution < 1.29 is 88.1 Å². The Morgan fingerprint density at radius 3 is 1.44 bits per heavy atom. The van der Waals surface area contributed by atoms with Gasteiger partial charge in [0.2, 0.25) is 11.8 Å². The van der Waals surface area contributed by atoms with Gasteiger partial charge < -0.3 is 52.2 Å². The molecule has 2 heterocycles. The number of benzene rings is 4. The van der Waals surface area contributed by atoms with Gasteiger partial charge >= 0.3 is 25.8 Å². The SMILES string of the molecule is CC(C)Oc1cc(-c2nc(CO)co2)ccc1OC(F)F.CC(C)Oc1cc(C(=O)O)ccc1OC(F)F.CCOc1ccccc1C(=O)CCc1coc(-c2ccc(OC(F)F)c(OC(C)C)c2)n1. The fourth-order valence-corrected chi connectivity index (χ4v) is 5.96. The Bertz CT molecular complexity index is 2580. The third-order valence-corrected chi connectivity index (χ3v) is 8.67. The summed E-state index contributed by atoms with van der Waals surface area (Å²) in [5.74, 6) is -0.0907. The Balaban J connectivity index is 0.000000243. The van der Waals surface area contributed by atoms with Gasteiger partial charge in [-0.2, -0.15) is 26.3 Å². The number of ether oxygens (including phenoxy) is 7. The van der Waals surface area contributed by atoms with Gasteiger partial charge in [0.05, 0.1) is 48.3 Å². The van der Waals surface area contributed by atoms with E-state index in [1.54, 1.807) is 65.8 Å². The van der Waals surface area contributed by atoms with Crippen LogP contribution in [0.2, 0.25) is 0 Å². The number of halogens is 6. The average molecular weight is 991 g/mol. The highest BCUT2D eigenvalue weighted by atomic mass is 19.3. The molecule has 0 spiro atoms. The second kappa shape index (κ2) is 26.9. The van der Waals surface area contributed by atoms with E-state index in [2.05, 4.69) is 24.2 Å². The highest BCUT2D eigenvalue weighted by Gasteiger charge is 2.20. The highest BCUT2D eigenvalue weighted by Crippen LogP contribution is 2.36. The normalized spacial score (nSPS) is 11.0. The maximum atomic E-state index is 12.7. The van der Waals surface area contributed by atoms with Gasteiger partial charge in [-0.3, -0.25) is 4.79 Å². The molecule has 2 N–H and O–H groups in total. The summed E-state index contributed by atoms with van der Waals surface area (Å²) in [6.45, 7) is 3.70. The first-order valence-corrected chi connectivity index (χ1v) is 21.5. The van der Waals surface area contributed by atoms with Gasteiger partial charge in [0.1, 0.15) is 24.0 Å². The molecule has 0 amide bonds. The van der Waals surface area contributed by atoms with E-state index >= 15 is 0 Å². The number of oxazole rings is 2. The zero-order valence-corrected chi connectivity index (χ0v) is 39.0. The van der Waals surface area contributed by atoms with Crippen LogP contribution in [-0.2, 0) is 13.0 Å². The number of aliphatic hydroxyl groups excluding tert-OH is 1. The fourth-order valence-electron chi connectivity index (χ4n) is 5.96. The molecule has 0 atom stereocenters. The lowest BCUT2D eigenvalue weighted by atomic mass is 10.0. The fraction of sp³-hybridized carbons (Fsp3) is 0.347. The Labute approximate surface area is 398 Å². The van der Waals surface area contributed by atoms with E-state index in [9.17, 15) is 35.9 Å². The lowest BCUT2D eigenvalue weighted by molar-refractivity contribution is -0.0524. The molecule has 378 valence electrons. The van der Waals surface area contributed by atoms with E-state index in [-0.39, 0.29) is 83.1 Å². The first-order chi connectivity index (χ1) is 33.3. The maximum absolute atomic E-state index is 12.7. The van der Waals surface area contributed by atoms with E-state index in [0.717, 1.165) is 12.1 Å². The number of aromatic carboxylic acids is 1. The minimum absolute atomic E-state index is 0.0137. The van der Waals surface area contributed by atoms with Crippen molar-refractivity contribution in [2.45, 2.75) is 106 Å². The molecule has 0 aliphatic heterocycles. The number of rotatable bonds is 22. The lowest BCUT2D eigenvalue weighted by Crippen LogP contribution is -2.10. The molecule has 70 heavy (non-hydrogen) atoms. The van der Waals surface area contributed by atoms with Crippen molar-refractivity contribution in [2.75, 3.05) is 6.61 Å². The molecule has 0 unspecified atom stereocenters. The molecule has 0 aliphatic carbocycles. The van der Waals surface area contributed by atoms with E-state index in [1.165, 1.54) is 48.9 Å². The van der Waals surface area contributed by atoms with Gasteiger partial charge in [-0.25, -0.2) is 14.8 Å². The summed E-state index contributed by atoms with van der Waals surface area (Å²) in [5, 5.41) is 17.7. The summed E-state index contributed by atoms with van der Waals surface area (Å²) in [6, 6.07) is 19.5. The molecule has 4 aromatic carbocycles. The lowest BCUT2D eigenvalue weighted by Gasteiger charge is -2.15. The van der Waals surface area contributed by atoms with Crippen LogP contribution in [-0.4, -0.2) is 76.7 Å². The molecule has 6 aromatic rings. The van der Waals surface area contributed by atoms with E-state index < -0.39 is 25.8 Å². The predicted molar refractivity (Wildman–Crippen MR) is 241 cm³/mol. The number of hydrogen-bond donors (Lipinski definition) is 2. The zero-order chi connectivity index (χ0) is 51.5. The number of hydrogen-bond acceptors (Lipinski definition) is 14. The Hall–Kier alpha value is -7.42. The molecule has 2 aromatic heterocycles. The number of alkyl halides is 6. The predicted octanol–water partition coefficient (Wildman–Crippen LogP) is 11.9. The molecule has 0 aliphatic rings. The molecule has 0 radical (unpaired) electrons. The van der Waals surface area contributed by atoms with Gasteiger partial charge in [0, 0.05) is 24.0 Å². The minimum Gasteiger partial charge on any atom is -0.493 e. The molecule has 6 rings (SSSR count). The average Bonchev–Trinajstić information content (AvgIpc) is 3.98. The number of carboxylic acid groups (broad SMARTS) is 1. The van der Waals surface area contributed by atoms with Crippen molar-refractivity contribution in [1.29, 1.82) is 0 Å². The second-order valence-corrected chi connectivity index (χ2v) is 15.2. The van der Waals surface area contributed by atoms with Crippen molar-refractivity contribution in [1.82, 2.24) is 9.97 Å². The summed E-state index contributed by atoms with van der Waals surface area (Å²) < 4.78 is 120. The Morgan fingerprint density at radius 1 is 0.571 bits per heavy atom. The van der Waals surface area contributed by atoms with Crippen LogP contribution in [0.25, 0.3) is 22.9 Å². The third-order valence-electron chi connectivity index (χ3n) is 8.67. The standard InChI is InChI=1S/C24H25F2NO5.C14H15F2NO4.C11H12F2O4/c1-4-29-20-8-6-5-7-18(20)19(28)11-10-17-14-30-23(27-17)16-9-12-21(32-24(25)26)22(13-16)31-15(2)3;1-8(2)20-12-5-9(3-4-11(12)21-14(15)16)13-17-10(6-18)7-19-13;1-6(2)16-9-5-7(10(14)15)3-4-8(9)17-11(12)13/h5-9,12-15,24H,4,10-11H2,1-3H3;3-5,7-8,14,18H,6H2,1-2H3;3-6,11H,1-2H3,(H,14,15). The largest absolute Gasteiger partial charge is 0.493 e. The molecule has 0 fully saturated rings. The topological polar surface area (TPSA) is 191 Å². The third kappa shape index (κ3) is 17.6. The molecular weight excluding hydrogens is 939 g/mol. The monoisotopic (exact) mass is 990 g/mol. The number of aliphatic hydroxyl groups is 1. The molecule has 0 bridgehead atoms. The van der Waals surface area contributed by atoms with Crippen molar-refractivity contribution in [3.05, 3.63) is 114 Å². The van der Waals surface area contributed by atoms with Crippen LogP contribution in [0.15, 0.2) is 100 Å². The summed E-state index contributed by atoms with van der Waals surface area (Å²) in [5.41, 5.74) is 2.53. The highest BCUT2D eigenvalue weighted by molar-refractivity contribution is 5.98. The zero-order valence-electron chi connectivity index (χ0n) is 39.0. The number of carbonyl (C=O) groups is 2. The molecular formula is C49H52F6N2O13. The number of carboxylic acids is 1. The number of carbonyl (C=O) groups excluding carboxylic acids is 1. The molecule has 0 saturated carbocycles. The number of aromatic nitrogens is 2. The van der Waals surface area contributed by atoms with Crippen LogP contribution in [0.3, 0.4) is 0 Å². The summed E-state index contributed by atoms with van der Waals surface area (Å²) in [7, 11) is 0. The van der Waals surface area contributed by atoms with Crippen molar-refractivity contribution in [2.24, 2.45) is 0 Å². The number of nitrogens with zero attached hydrogens (tertiary/aromatic N) is 2. The van der Waals surface area contributed by atoms with E-state index in [0.29, 0.717) is 52.7 Å². The van der Waals surface area contributed by atoms with Crippen LogP contribution in [0.4, 0.5) is 26.3 Å². The van der Waals surface area contributed by atoms with E-state index in [4.69, 9.17) is 38.0 Å². The number of para-hydroxylation sites is 1. The molecule has 15 nitrogen and oxygen atoms in total. The van der Waals surface area contributed by atoms with Crippen molar-refractivity contribution in [3.63, 3.8) is 0 Å². The van der Waals surface area contributed by atoms with Gasteiger partial charge in [0.15, 0.2) is 40.3 Å². The van der Waals surface area contributed by atoms with Crippen LogP contribution < -0.4 is 33.2 Å². The Morgan fingerprint density at radius 2 is 1.01 bits per heavy atom. The number of ketones is 1. The number of aryl methyl sites for hydroxylation is 1.